The Morgan fingerprint density at radius 1 is 0.929 bits per heavy atom. The molecular formula is C30H30ClF6N3OS. The number of likely N-dealkylation sites (N-methyl/N-ethyl adjacent to an activating group) is 1. The summed E-state index contributed by atoms with van der Waals surface area (Å²) in [6.07, 6.45) is -4.54. The van der Waals surface area contributed by atoms with Gasteiger partial charge in [0.1, 0.15) is 5.82 Å². The molecule has 2 heterocycles. The van der Waals surface area contributed by atoms with Crippen LogP contribution in [0.4, 0.5) is 37.8 Å². The summed E-state index contributed by atoms with van der Waals surface area (Å²) >= 11 is 8.37. The van der Waals surface area contributed by atoms with Crippen LogP contribution in [0.5, 0.6) is 0 Å². The van der Waals surface area contributed by atoms with E-state index in [2.05, 4.69) is 16.1 Å². The Morgan fingerprint density at radius 3 is 2.00 bits per heavy atom. The lowest BCUT2D eigenvalue weighted by molar-refractivity contribution is -0.143. The number of alkyl halides is 6. The van der Waals surface area contributed by atoms with E-state index < -0.39 is 40.4 Å². The minimum absolute atomic E-state index is 0.0495. The molecule has 226 valence electrons. The van der Waals surface area contributed by atoms with Crippen molar-refractivity contribution in [1.29, 1.82) is 0 Å². The largest absolute Gasteiger partial charge is 0.416 e. The smallest absolute Gasteiger partial charge is 0.357 e. The Labute approximate surface area is 250 Å². The van der Waals surface area contributed by atoms with E-state index in [1.807, 2.05) is 17.8 Å². The minimum Gasteiger partial charge on any atom is -0.357 e. The number of hydrogen-bond acceptors (Lipinski definition) is 4. The predicted molar refractivity (Wildman–Crippen MR) is 156 cm³/mol. The van der Waals surface area contributed by atoms with Gasteiger partial charge in [-0.3, -0.25) is 4.79 Å². The highest BCUT2D eigenvalue weighted by Gasteiger charge is 2.41. The third kappa shape index (κ3) is 6.67. The second kappa shape index (κ2) is 12.0. The Bertz CT molecular complexity index is 1420. The lowest BCUT2D eigenvalue weighted by atomic mass is 9.81. The van der Waals surface area contributed by atoms with Gasteiger partial charge < -0.3 is 9.80 Å². The number of benzene rings is 2. The quantitative estimate of drug-likeness (QED) is 0.256. The molecule has 0 atom stereocenters. The second-order valence-electron chi connectivity index (χ2n) is 10.7. The van der Waals surface area contributed by atoms with Gasteiger partial charge in [0, 0.05) is 41.5 Å². The Balaban J connectivity index is 1.78. The number of hydrogen-bond donors (Lipinski definition) is 0. The molecule has 0 aliphatic carbocycles. The van der Waals surface area contributed by atoms with Crippen molar-refractivity contribution in [2.75, 3.05) is 36.2 Å². The molecule has 12 heteroatoms. The molecule has 0 N–H and O–H groups in total. The summed E-state index contributed by atoms with van der Waals surface area (Å²) in [5.41, 5.74) is -3.68. The predicted octanol–water partition coefficient (Wildman–Crippen LogP) is 8.71. The molecule has 2 aromatic carbocycles. The van der Waals surface area contributed by atoms with Gasteiger partial charge in [0.25, 0.3) is 0 Å². The van der Waals surface area contributed by atoms with Crippen LogP contribution in [0.15, 0.2) is 54.7 Å². The third-order valence-corrected chi connectivity index (χ3v) is 9.11. The number of anilines is 2. The van der Waals surface area contributed by atoms with Crippen molar-refractivity contribution in [1.82, 2.24) is 4.98 Å². The number of aromatic nitrogens is 1. The van der Waals surface area contributed by atoms with Gasteiger partial charge in [-0.05, 0) is 68.8 Å². The van der Waals surface area contributed by atoms with Crippen molar-refractivity contribution in [3.05, 3.63) is 76.4 Å². The fourth-order valence-electron chi connectivity index (χ4n) is 5.06. The SMILES string of the molecule is CSC1CCN(c2cc(-c3ccccc3Cl)c(N(C)C(=O)C(C)(C)c3cc(C(F)(F)F)cc(C(F)(F)F)c3)cn2)CC1. The van der Waals surface area contributed by atoms with Crippen molar-refractivity contribution < 1.29 is 31.1 Å². The molecule has 1 aliphatic rings. The highest BCUT2D eigenvalue weighted by atomic mass is 35.5. The summed E-state index contributed by atoms with van der Waals surface area (Å²) in [4.78, 5) is 21.9. The minimum atomic E-state index is -5.04. The molecule has 0 unspecified atom stereocenters. The van der Waals surface area contributed by atoms with Gasteiger partial charge in [-0.1, -0.05) is 29.8 Å². The number of pyridine rings is 1. The van der Waals surface area contributed by atoms with Crippen molar-refractivity contribution in [2.45, 2.75) is 49.7 Å². The van der Waals surface area contributed by atoms with Crippen LogP contribution in [0, 0.1) is 0 Å². The highest BCUT2D eigenvalue weighted by molar-refractivity contribution is 7.99. The zero-order valence-corrected chi connectivity index (χ0v) is 25.0. The monoisotopic (exact) mass is 629 g/mol. The fraction of sp³-hybridized carbons (Fsp3) is 0.400. The van der Waals surface area contributed by atoms with Gasteiger partial charge >= 0.3 is 12.4 Å². The zero-order chi connectivity index (χ0) is 31.0. The van der Waals surface area contributed by atoms with Crippen molar-refractivity contribution in [2.24, 2.45) is 0 Å². The molecule has 42 heavy (non-hydrogen) atoms. The molecule has 0 saturated carbocycles. The van der Waals surface area contributed by atoms with Crippen molar-refractivity contribution in [3.8, 4) is 11.1 Å². The first-order valence-electron chi connectivity index (χ1n) is 13.1. The maximum absolute atomic E-state index is 13.9. The average Bonchev–Trinajstić information content (AvgIpc) is 2.95. The molecular weight excluding hydrogens is 600 g/mol. The average molecular weight is 630 g/mol. The van der Waals surface area contributed by atoms with Crippen LogP contribution >= 0.6 is 23.4 Å². The third-order valence-electron chi connectivity index (χ3n) is 7.64. The number of nitrogens with zero attached hydrogens (tertiary/aromatic N) is 3. The summed E-state index contributed by atoms with van der Waals surface area (Å²) < 4.78 is 81.4. The van der Waals surface area contributed by atoms with E-state index >= 15 is 0 Å². The van der Waals surface area contributed by atoms with Gasteiger partial charge in [0.15, 0.2) is 0 Å². The Kier molecular flexibility index (Phi) is 9.14. The number of amides is 1. The molecule has 1 aliphatic heterocycles. The van der Waals surface area contributed by atoms with E-state index in [1.54, 1.807) is 24.3 Å². The first kappa shape index (κ1) is 32.0. The number of carbonyl (C=O) groups is 1. The summed E-state index contributed by atoms with van der Waals surface area (Å²) in [5, 5.41) is 0.966. The number of halogens is 7. The maximum Gasteiger partial charge on any atom is 0.416 e. The molecule has 4 nitrogen and oxygen atoms in total. The number of piperidine rings is 1. The molecule has 4 rings (SSSR count). The molecule has 0 radical (unpaired) electrons. The van der Waals surface area contributed by atoms with Gasteiger partial charge in [0.2, 0.25) is 5.91 Å². The number of rotatable bonds is 6. The van der Waals surface area contributed by atoms with E-state index in [-0.39, 0.29) is 6.07 Å². The molecule has 3 aromatic rings. The standard InChI is InChI=1S/C30H30ClF6N3OS/c1-28(2,18-13-19(29(32,33)34)15-20(14-18)30(35,36)37)27(41)39(3)25-17-38-26(40-11-9-21(42-4)10-12-40)16-23(25)22-7-5-6-8-24(22)31/h5-8,13-17,21H,9-12H2,1-4H3. The molecule has 0 spiro atoms. The Hall–Kier alpha value is -2.92. The first-order valence-corrected chi connectivity index (χ1v) is 14.8. The van der Waals surface area contributed by atoms with Gasteiger partial charge in [-0.25, -0.2) is 4.98 Å². The van der Waals surface area contributed by atoms with Crippen molar-refractivity contribution >= 4 is 40.8 Å². The lowest BCUT2D eigenvalue weighted by Gasteiger charge is -2.34. The zero-order valence-electron chi connectivity index (χ0n) is 23.4. The van der Waals surface area contributed by atoms with Gasteiger partial charge in [0.05, 0.1) is 28.4 Å². The molecule has 1 saturated heterocycles. The Morgan fingerprint density at radius 2 is 1.48 bits per heavy atom. The topological polar surface area (TPSA) is 36.4 Å². The number of carbonyl (C=O) groups excluding carboxylic acids is 1. The van der Waals surface area contributed by atoms with E-state index in [1.165, 1.54) is 32.0 Å². The van der Waals surface area contributed by atoms with Crippen LogP contribution < -0.4 is 9.80 Å². The van der Waals surface area contributed by atoms with Crippen LogP contribution in [0.3, 0.4) is 0 Å². The lowest BCUT2D eigenvalue weighted by Crippen LogP contribution is -2.42. The summed E-state index contributed by atoms with van der Waals surface area (Å²) in [7, 11) is 1.42. The van der Waals surface area contributed by atoms with E-state index in [0.29, 0.717) is 45.0 Å². The first-order chi connectivity index (χ1) is 19.5. The molecule has 0 bridgehead atoms. The van der Waals surface area contributed by atoms with Crippen LogP contribution in [-0.2, 0) is 22.6 Å². The van der Waals surface area contributed by atoms with E-state index in [9.17, 15) is 31.1 Å². The normalized spacial score (nSPS) is 15.2. The maximum atomic E-state index is 13.9. The molecule has 1 aromatic heterocycles. The summed E-state index contributed by atoms with van der Waals surface area (Å²) in [6, 6.07) is 10.1. The highest BCUT2D eigenvalue weighted by Crippen LogP contribution is 2.42. The summed E-state index contributed by atoms with van der Waals surface area (Å²) in [5.74, 6) is -0.0420. The molecule has 1 amide bonds. The number of thioether (sulfide) groups is 1. The van der Waals surface area contributed by atoms with E-state index in [0.717, 1.165) is 25.9 Å². The van der Waals surface area contributed by atoms with Crippen LogP contribution in [0.25, 0.3) is 11.1 Å². The second-order valence-corrected chi connectivity index (χ2v) is 12.3. The fourth-order valence-corrected chi connectivity index (χ4v) is 5.98. The summed E-state index contributed by atoms with van der Waals surface area (Å²) in [6.45, 7) is 4.18. The molecule has 1 fully saturated rings. The van der Waals surface area contributed by atoms with Gasteiger partial charge in [-0.2, -0.15) is 38.1 Å². The van der Waals surface area contributed by atoms with Crippen LogP contribution in [-0.4, -0.2) is 42.5 Å². The van der Waals surface area contributed by atoms with Gasteiger partial charge in [-0.15, -0.1) is 0 Å². The van der Waals surface area contributed by atoms with Crippen LogP contribution in [0.1, 0.15) is 43.4 Å². The van der Waals surface area contributed by atoms with Crippen LogP contribution in [0.2, 0.25) is 5.02 Å². The van der Waals surface area contributed by atoms with E-state index in [4.69, 9.17) is 11.6 Å². The van der Waals surface area contributed by atoms with Crippen molar-refractivity contribution in [3.63, 3.8) is 0 Å².